The van der Waals surface area contributed by atoms with Gasteiger partial charge in [0.25, 0.3) is 5.91 Å². The Balaban J connectivity index is 1.44. The quantitative estimate of drug-likeness (QED) is 0.167. The number of nitrogen functional groups attached to an aromatic ring is 1. The first-order valence-electron chi connectivity index (χ1n) is 11.9. The van der Waals surface area contributed by atoms with Crippen LogP contribution in [0.1, 0.15) is 41.4 Å². The van der Waals surface area contributed by atoms with Gasteiger partial charge in [-0.05, 0) is 55.8 Å². The Morgan fingerprint density at radius 2 is 1.92 bits per heavy atom. The zero-order valence-corrected chi connectivity index (χ0v) is 20.3. The molecule has 11 nitrogen and oxygen atoms in total. The summed E-state index contributed by atoms with van der Waals surface area (Å²) < 4.78 is 5.45. The summed E-state index contributed by atoms with van der Waals surface area (Å²) >= 11 is 0. The summed E-state index contributed by atoms with van der Waals surface area (Å²) in [5.41, 5.74) is 7.19. The molecule has 0 radical (unpaired) electrons. The Kier molecular flexibility index (Phi) is 7.85. The second-order valence-electron chi connectivity index (χ2n) is 8.89. The maximum atomic E-state index is 12.8. The van der Waals surface area contributed by atoms with E-state index in [1.165, 1.54) is 13.2 Å². The van der Waals surface area contributed by atoms with E-state index >= 15 is 0 Å². The highest BCUT2D eigenvalue weighted by Crippen LogP contribution is 2.24. The summed E-state index contributed by atoms with van der Waals surface area (Å²) in [5, 5.41) is 25.5. The van der Waals surface area contributed by atoms with Crippen molar-refractivity contribution in [2.45, 2.75) is 38.3 Å². The maximum Gasteiger partial charge on any atom is 0.329 e. The highest BCUT2D eigenvalue weighted by Gasteiger charge is 2.32. The molecule has 4 rings (SSSR count). The number of hydrogen-bond donors (Lipinski definition) is 5. The normalized spacial score (nSPS) is 14.7. The van der Waals surface area contributed by atoms with E-state index in [2.05, 4.69) is 10.6 Å². The van der Waals surface area contributed by atoms with Crippen LogP contribution < -0.4 is 16.4 Å². The number of nitrogens with two attached hydrogens (primary N) is 1. The predicted molar refractivity (Wildman–Crippen MR) is 136 cm³/mol. The van der Waals surface area contributed by atoms with Crippen LogP contribution in [0.4, 0.5) is 5.69 Å². The number of nitrogens with zero attached hydrogens (tertiary/aromatic N) is 1. The minimum Gasteiger partial charge on any atom is -0.480 e. The van der Waals surface area contributed by atoms with Crippen LogP contribution in [0.3, 0.4) is 0 Å². The fraction of sp³-hybridized carbons (Fsp3) is 0.308. The Morgan fingerprint density at radius 1 is 1.22 bits per heavy atom. The van der Waals surface area contributed by atoms with Gasteiger partial charge in [-0.15, -0.1) is 0 Å². The summed E-state index contributed by atoms with van der Waals surface area (Å²) in [5.74, 6) is -2.06. The van der Waals surface area contributed by atoms with Gasteiger partial charge >= 0.3 is 5.97 Å². The molecule has 1 saturated heterocycles. The smallest absolute Gasteiger partial charge is 0.329 e. The molecule has 0 aliphatic carbocycles. The standard InChI is InChI=1S/C26H29N5O6/c1-15(32)31(37-20-8-10-29-11-9-20)22(26(34)35)12-16-2-5-19(6-3-16)30-25(33)23-21-7-4-17(24(27)28)13-18(21)14-36-23/h2-7,13-14,20,22,29H,8-12H2,1H3,(H3,27,28)(H,30,33)(H,34,35)/t22-/m0/s1. The van der Waals surface area contributed by atoms with Crippen molar-refractivity contribution in [3.05, 3.63) is 65.6 Å². The Bertz CT molecular complexity index is 1310. The Morgan fingerprint density at radius 3 is 2.54 bits per heavy atom. The first kappa shape index (κ1) is 25.9. The molecule has 37 heavy (non-hydrogen) atoms. The van der Waals surface area contributed by atoms with Gasteiger partial charge in [-0.2, -0.15) is 0 Å². The van der Waals surface area contributed by atoms with Crippen molar-refractivity contribution in [3.63, 3.8) is 0 Å². The van der Waals surface area contributed by atoms with Gasteiger partial charge in [0.15, 0.2) is 11.8 Å². The van der Waals surface area contributed by atoms with Crippen molar-refractivity contribution in [2.75, 3.05) is 18.4 Å². The fourth-order valence-electron chi connectivity index (χ4n) is 4.23. The molecule has 2 aromatic carbocycles. The summed E-state index contributed by atoms with van der Waals surface area (Å²) in [4.78, 5) is 42.9. The van der Waals surface area contributed by atoms with Crippen LogP contribution in [-0.4, -0.2) is 59.0 Å². The molecule has 2 amide bonds. The van der Waals surface area contributed by atoms with Crippen LogP contribution in [0.25, 0.3) is 10.8 Å². The number of fused-ring (bicyclic) bond motifs is 1. The number of piperidine rings is 1. The summed E-state index contributed by atoms with van der Waals surface area (Å²) in [6, 6.07) is 10.5. The summed E-state index contributed by atoms with van der Waals surface area (Å²) in [6.07, 6.45) is 2.62. The number of aliphatic carboxylic acids is 1. The minimum absolute atomic E-state index is 0.0371. The van der Waals surface area contributed by atoms with E-state index in [-0.39, 0.29) is 24.1 Å². The topological polar surface area (TPSA) is 171 Å². The van der Waals surface area contributed by atoms with Crippen molar-refractivity contribution in [3.8, 4) is 0 Å². The second kappa shape index (κ2) is 11.2. The molecule has 1 aromatic heterocycles. The molecule has 0 bridgehead atoms. The second-order valence-corrected chi connectivity index (χ2v) is 8.89. The van der Waals surface area contributed by atoms with Crippen molar-refractivity contribution >= 4 is 40.1 Å². The lowest BCUT2D eigenvalue weighted by Crippen LogP contribution is -2.48. The van der Waals surface area contributed by atoms with Gasteiger partial charge in [0.05, 0.1) is 12.4 Å². The zero-order valence-electron chi connectivity index (χ0n) is 20.3. The number of carbonyl (C=O) groups excluding carboxylic acids is 2. The van der Waals surface area contributed by atoms with Gasteiger partial charge in [0.2, 0.25) is 5.91 Å². The van der Waals surface area contributed by atoms with Crippen LogP contribution in [0.5, 0.6) is 0 Å². The average molecular weight is 508 g/mol. The highest BCUT2D eigenvalue weighted by atomic mass is 16.7. The van der Waals surface area contributed by atoms with Gasteiger partial charge in [-0.25, -0.2) is 9.86 Å². The minimum atomic E-state index is -1.19. The molecule has 194 valence electrons. The monoisotopic (exact) mass is 507 g/mol. The van der Waals surface area contributed by atoms with Gasteiger partial charge < -0.3 is 25.9 Å². The number of carbonyl (C=O) groups is 3. The van der Waals surface area contributed by atoms with Crippen LogP contribution in [0.2, 0.25) is 0 Å². The van der Waals surface area contributed by atoms with Crippen LogP contribution >= 0.6 is 0 Å². The first-order chi connectivity index (χ1) is 17.7. The zero-order chi connectivity index (χ0) is 26.5. The van der Waals surface area contributed by atoms with E-state index < -0.39 is 23.8 Å². The van der Waals surface area contributed by atoms with E-state index in [4.69, 9.17) is 20.4 Å². The number of carboxylic acids is 1. The Labute approximate surface area is 213 Å². The fourth-order valence-corrected chi connectivity index (χ4v) is 4.23. The molecule has 1 atom stereocenters. The van der Waals surface area contributed by atoms with Crippen LogP contribution in [-0.2, 0) is 20.8 Å². The molecule has 0 saturated carbocycles. The molecule has 1 aliphatic heterocycles. The molecule has 3 aromatic rings. The van der Waals surface area contributed by atoms with Crippen LogP contribution in [0.15, 0.2) is 53.1 Å². The molecule has 0 unspecified atom stereocenters. The lowest BCUT2D eigenvalue weighted by atomic mass is 10.0. The third-order valence-electron chi connectivity index (χ3n) is 6.19. The van der Waals surface area contributed by atoms with Gasteiger partial charge in [-0.1, -0.05) is 18.2 Å². The molecule has 2 heterocycles. The summed E-state index contributed by atoms with van der Waals surface area (Å²) in [7, 11) is 0. The number of amidine groups is 1. The largest absolute Gasteiger partial charge is 0.480 e. The molecule has 0 spiro atoms. The Hall–Kier alpha value is -4.22. The van der Waals surface area contributed by atoms with E-state index in [1.54, 1.807) is 42.5 Å². The van der Waals surface area contributed by atoms with Gasteiger partial charge in [0.1, 0.15) is 5.84 Å². The highest BCUT2D eigenvalue weighted by molar-refractivity contribution is 6.12. The predicted octanol–water partition coefficient (Wildman–Crippen LogP) is 2.50. The van der Waals surface area contributed by atoms with Gasteiger partial charge in [0, 0.05) is 35.4 Å². The van der Waals surface area contributed by atoms with E-state index in [9.17, 15) is 19.5 Å². The van der Waals surface area contributed by atoms with Crippen LogP contribution in [0, 0.1) is 5.41 Å². The molecular formula is C26H29N5O6. The first-order valence-corrected chi connectivity index (χ1v) is 11.9. The number of carboxylic acid groups (broad SMARTS) is 1. The van der Waals surface area contributed by atoms with Crippen molar-refractivity contribution < 1.29 is 28.7 Å². The third kappa shape index (κ3) is 6.13. The lowest BCUT2D eigenvalue weighted by Gasteiger charge is -2.32. The molecule has 1 aliphatic rings. The number of benzene rings is 2. The number of amides is 2. The number of furan rings is 1. The lowest BCUT2D eigenvalue weighted by molar-refractivity contribution is -0.226. The maximum absolute atomic E-state index is 12.8. The van der Waals surface area contributed by atoms with Crippen molar-refractivity contribution in [1.82, 2.24) is 10.4 Å². The average Bonchev–Trinajstić information content (AvgIpc) is 3.31. The van der Waals surface area contributed by atoms with E-state index in [1.807, 2.05) is 0 Å². The molecule has 6 N–H and O–H groups in total. The molecule has 1 fully saturated rings. The SMILES string of the molecule is CC(=O)N(OC1CCNCC1)[C@@H](Cc1ccc(NC(=O)c2occ3cc(C(=N)N)ccc23)cc1)C(=O)O. The van der Waals surface area contributed by atoms with E-state index in [0.717, 1.165) is 18.2 Å². The van der Waals surface area contributed by atoms with E-state index in [0.29, 0.717) is 40.4 Å². The number of rotatable bonds is 9. The number of hydroxylamine groups is 2. The molecule has 11 heteroatoms. The van der Waals surface area contributed by atoms with Crippen molar-refractivity contribution in [2.24, 2.45) is 5.73 Å². The number of anilines is 1. The van der Waals surface area contributed by atoms with Gasteiger partial charge in [-0.3, -0.25) is 19.8 Å². The summed E-state index contributed by atoms with van der Waals surface area (Å²) in [6.45, 7) is 2.78. The number of nitrogens with one attached hydrogen (secondary N) is 3. The van der Waals surface area contributed by atoms with Crippen molar-refractivity contribution in [1.29, 1.82) is 5.41 Å². The molecular weight excluding hydrogens is 478 g/mol. The third-order valence-corrected chi connectivity index (χ3v) is 6.19. The number of hydrogen-bond acceptors (Lipinski definition) is 7.